The number of aromatic nitrogens is 3. The zero-order chi connectivity index (χ0) is 28.8. The van der Waals surface area contributed by atoms with Gasteiger partial charge in [-0.3, -0.25) is 4.79 Å². The van der Waals surface area contributed by atoms with Crippen molar-refractivity contribution in [2.75, 3.05) is 0 Å². The van der Waals surface area contributed by atoms with Crippen LogP contribution >= 0.6 is 0 Å². The van der Waals surface area contributed by atoms with E-state index in [-0.39, 0.29) is 22.3 Å². The van der Waals surface area contributed by atoms with E-state index in [0.717, 1.165) is 39.4 Å². The van der Waals surface area contributed by atoms with E-state index in [9.17, 15) is 27.9 Å². The first-order valence-electron chi connectivity index (χ1n) is 12.2. The second kappa shape index (κ2) is 9.96. The summed E-state index contributed by atoms with van der Waals surface area (Å²) in [7, 11) is 0. The molecule has 2 heterocycles. The molecule has 0 bridgehead atoms. The molecule has 10 heteroatoms. The predicted molar refractivity (Wildman–Crippen MR) is 146 cm³/mol. The molecule has 7 nitrogen and oxygen atoms in total. The van der Waals surface area contributed by atoms with Crippen molar-refractivity contribution >= 4 is 23.1 Å². The van der Waals surface area contributed by atoms with Gasteiger partial charge in [0.15, 0.2) is 5.82 Å². The van der Waals surface area contributed by atoms with Gasteiger partial charge in [0.2, 0.25) is 0 Å². The molecule has 1 N–H and O–H groups in total. The largest absolute Gasteiger partial charge is 0.478 e. The molecule has 0 fully saturated rings. The van der Waals surface area contributed by atoms with Crippen LogP contribution in [0.4, 0.5) is 13.2 Å². The highest BCUT2D eigenvalue weighted by Gasteiger charge is 2.31. The molecule has 0 aliphatic carbocycles. The summed E-state index contributed by atoms with van der Waals surface area (Å²) in [6.07, 6.45) is -3.10. The zero-order valence-electron chi connectivity index (χ0n) is 21.7. The van der Waals surface area contributed by atoms with Gasteiger partial charge >= 0.3 is 12.1 Å². The van der Waals surface area contributed by atoms with Crippen LogP contribution in [-0.2, 0) is 6.18 Å². The Hall–Kier alpha value is -4.99. The maximum absolute atomic E-state index is 13.5. The van der Waals surface area contributed by atoms with Crippen molar-refractivity contribution in [1.82, 2.24) is 14.2 Å². The molecule has 40 heavy (non-hydrogen) atoms. The van der Waals surface area contributed by atoms with Gasteiger partial charge in [0, 0.05) is 28.2 Å². The minimum absolute atomic E-state index is 0.0278. The molecule has 2 aromatic heterocycles. The van der Waals surface area contributed by atoms with E-state index in [4.69, 9.17) is 0 Å². The lowest BCUT2D eigenvalue weighted by Crippen LogP contribution is -2.20. The van der Waals surface area contributed by atoms with Gasteiger partial charge in [0.1, 0.15) is 0 Å². The molecule has 0 spiro atoms. The molecule has 0 saturated heterocycles. The Morgan fingerprint density at radius 1 is 0.975 bits per heavy atom. The molecule has 0 aliphatic rings. The number of alkyl halides is 3. The van der Waals surface area contributed by atoms with Gasteiger partial charge < -0.3 is 9.67 Å². The molecule has 202 valence electrons. The normalized spacial score (nSPS) is 11.9. The molecule has 0 saturated carbocycles. The SMILES string of the molecule is Cc1cc(C(=O)O)ccc1-n1c(C)cc(C=Nn2c(-c3cccc(C(F)(F)F)c3)nc3ccccc3c2=O)c1C. The van der Waals surface area contributed by atoms with Gasteiger partial charge in [0.05, 0.1) is 28.2 Å². The molecule has 0 radical (unpaired) electrons. The fourth-order valence-corrected chi connectivity index (χ4v) is 4.70. The maximum atomic E-state index is 13.5. The van der Waals surface area contributed by atoms with Crippen LogP contribution in [0.3, 0.4) is 0 Å². The number of aromatic carboxylic acids is 1. The third-order valence-corrected chi connectivity index (χ3v) is 6.67. The standard InChI is InChI=1S/C30H23F3N4O3/c1-17-13-21(29(39)40)11-12-26(17)36-18(2)14-22(19(36)3)16-34-37-27(20-7-6-8-23(15-20)30(31,32)33)35-25-10-5-4-9-24(25)28(37)38/h4-16H,1-3H3,(H,39,40). The van der Waals surface area contributed by atoms with Gasteiger partial charge in [-0.25, -0.2) is 9.78 Å². The quantitative estimate of drug-likeness (QED) is 0.260. The fourth-order valence-electron chi connectivity index (χ4n) is 4.70. The van der Waals surface area contributed by atoms with Crippen molar-refractivity contribution in [3.63, 3.8) is 0 Å². The topological polar surface area (TPSA) is 89.5 Å². The number of carboxylic acids is 1. The monoisotopic (exact) mass is 544 g/mol. The summed E-state index contributed by atoms with van der Waals surface area (Å²) in [5.41, 5.74) is 3.03. The minimum Gasteiger partial charge on any atom is -0.478 e. The Morgan fingerprint density at radius 3 is 2.42 bits per heavy atom. The lowest BCUT2D eigenvalue weighted by atomic mass is 10.1. The van der Waals surface area contributed by atoms with Crippen molar-refractivity contribution in [2.24, 2.45) is 5.10 Å². The smallest absolute Gasteiger partial charge is 0.416 e. The average Bonchev–Trinajstić information content (AvgIpc) is 3.20. The van der Waals surface area contributed by atoms with Crippen LogP contribution in [0, 0.1) is 20.8 Å². The molecular formula is C30H23F3N4O3. The van der Waals surface area contributed by atoms with Crippen molar-refractivity contribution < 1.29 is 23.1 Å². The number of hydrogen-bond donors (Lipinski definition) is 1. The number of rotatable bonds is 5. The Labute approximate surface area is 226 Å². The van der Waals surface area contributed by atoms with E-state index in [1.54, 1.807) is 36.4 Å². The van der Waals surface area contributed by atoms with E-state index in [1.165, 1.54) is 24.4 Å². The number of fused-ring (bicyclic) bond motifs is 1. The number of nitrogens with zero attached hydrogens (tertiary/aromatic N) is 4. The second-order valence-corrected chi connectivity index (χ2v) is 9.36. The highest BCUT2D eigenvalue weighted by atomic mass is 19.4. The molecule has 0 aliphatic heterocycles. The number of para-hydroxylation sites is 1. The molecule has 5 rings (SSSR count). The van der Waals surface area contributed by atoms with Crippen LogP contribution in [0.2, 0.25) is 0 Å². The highest BCUT2D eigenvalue weighted by Crippen LogP contribution is 2.32. The minimum atomic E-state index is -4.57. The fraction of sp³-hybridized carbons (Fsp3) is 0.133. The van der Waals surface area contributed by atoms with E-state index in [0.29, 0.717) is 11.1 Å². The van der Waals surface area contributed by atoms with Gasteiger partial charge in [-0.1, -0.05) is 24.3 Å². The first kappa shape index (κ1) is 26.6. The number of halogens is 3. The van der Waals surface area contributed by atoms with E-state index >= 15 is 0 Å². The van der Waals surface area contributed by atoms with Gasteiger partial charge in [0.25, 0.3) is 5.56 Å². The lowest BCUT2D eigenvalue weighted by Gasteiger charge is -2.13. The Morgan fingerprint density at radius 2 is 1.73 bits per heavy atom. The average molecular weight is 545 g/mol. The van der Waals surface area contributed by atoms with Crippen molar-refractivity contribution in [1.29, 1.82) is 0 Å². The maximum Gasteiger partial charge on any atom is 0.416 e. The number of carboxylic acid groups (broad SMARTS) is 1. The molecule has 3 aromatic carbocycles. The molecule has 0 unspecified atom stereocenters. The van der Waals surface area contributed by atoms with E-state index < -0.39 is 23.3 Å². The number of benzene rings is 3. The summed E-state index contributed by atoms with van der Waals surface area (Å²) >= 11 is 0. The van der Waals surface area contributed by atoms with Gasteiger partial charge in [-0.05, 0) is 74.9 Å². The van der Waals surface area contributed by atoms with Crippen molar-refractivity contribution in [3.05, 3.63) is 117 Å². The third-order valence-electron chi connectivity index (χ3n) is 6.67. The molecule has 0 amide bonds. The zero-order valence-corrected chi connectivity index (χ0v) is 21.7. The Kier molecular flexibility index (Phi) is 6.62. The van der Waals surface area contributed by atoms with Gasteiger partial charge in [-0.15, -0.1) is 0 Å². The first-order valence-corrected chi connectivity index (χ1v) is 12.2. The Balaban J connectivity index is 1.65. The Bertz CT molecular complexity index is 1880. The number of carbonyl (C=O) groups is 1. The summed E-state index contributed by atoms with van der Waals surface area (Å²) in [6, 6.07) is 17.9. The first-order chi connectivity index (χ1) is 19.0. The van der Waals surface area contributed by atoms with Crippen molar-refractivity contribution in [3.8, 4) is 17.1 Å². The third kappa shape index (κ3) is 4.79. The van der Waals surface area contributed by atoms with Gasteiger partial charge in [-0.2, -0.15) is 22.9 Å². The lowest BCUT2D eigenvalue weighted by molar-refractivity contribution is -0.137. The van der Waals surface area contributed by atoms with Crippen LogP contribution in [0.25, 0.3) is 28.0 Å². The number of hydrogen-bond acceptors (Lipinski definition) is 4. The molecule has 5 aromatic rings. The summed E-state index contributed by atoms with van der Waals surface area (Å²) < 4.78 is 43.3. The summed E-state index contributed by atoms with van der Waals surface area (Å²) in [5.74, 6) is -1.05. The predicted octanol–water partition coefficient (Wildman–Crippen LogP) is 6.38. The number of aryl methyl sites for hydroxylation is 2. The van der Waals surface area contributed by atoms with Crippen LogP contribution < -0.4 is 5.56 Å². The summed E-state index contributed by atoms with van der Waals surface area (Å²) in [6.45, 7) is 5.55. The summed E-state index contributed by atoms with van der Waals surface area (Å²) in [5, 5.41) is 14.0. The highest BCUT2D eigenvalue weighted by molar-refractivity contribution is 5.88. The molecule has 0 atom stereocenters. The van der Waals surface area contributed by atoms with Crippen LogP contribution in [-0.4, -0.2) is 31.5 Å². The van der Waals surface area contributed by atoms with Crippen molar-refractivity contribution in [2.45, 2.75) is 26.9 Å². The summed E-state index contributed by atoms with van der Waals surface area (Å²) in [4.78, 5) is 29.3. The van der Waals surface area contributed by atoms with E-state index in [1.807, 2.05) is 31.4 Å². The van der Waals surface area contributed by atoms with Crippen LogP contribution in [0.5, 0.6) is 0 Å². The van der Waals surface area contributed by atoms with E-state index in [2.05, 4.69) is 10.1 Å². The van der Waals surface area contributed by atoms with Crippen LogP contribution in [0.1, 0.15) is 38.4 Å². The molecular weight excluding hydrogens is 521 g/mol. The second-order valence-electron chi connectivity index (χ2n) is 9.36. The van der Waals surface area contributed by atoms with Crippen LogP contribution in [0.15, 0.2) is 82.7 Å².